The molecule has 1 saturated heterocycles. The number of hydrogen-bond donors (Lipinski definition) is 1. The second kappa shape index (κ2) is 12.3. The molecule has 2 heterocycles. The third kappa shape index (κ3) is 6.26. The zero-order valence-corrected chi connectivity index (χ0v) is 22.5. The van der Waals surface area contributed by atoms with Crippen molar-refractivity contribution in [3.63, 3.8) is 0 Å². The lowest BCUT2D eigenvalue weighted by Gasteiger charge is -2.33. The molecule has 0 radical (unpaired) electrons. The van der Waals surface area contributed by atoms with Crippen LogP contribution in [0.3, 0.4) is 0 Å². The predicted molar refractivity (Wildman–Crippen MR) is 150 cm³/mol. The summed E-state index contributed by atoms with van der Waals surface area (Å²) in [5, 5.41) is 11.5. The largest absolute Gasteiger partial charge is 0.507 e. The Balaban J connectivity index is 1.67. The first-order valence-electron chi connectivity index (χ1n) is 12.5. The molecule has 1 fully saturated rings. The van der Waals surface area contributed by atoms with Crippen molar-refractivity contribution in [2.45, 2.75) is 25.9 Å². The first-order chi connectivity index (χ1) is 18.3. The highest BCUT2D eigenvalue weighted by Gasteiger charge is 2.22. The van der Waals surface area contributed by atoms with Gasteiger partial charge in [0.1, 0.15) is 17.4 Å². The second-order valence-electron chi connectivity index (χ2n) is 9.36. The first kappa shape index (κ1) is 27.4. The fourth-order valence-corrected chi connectivity index (χ4v) is 4.86. The summed E-state index contributed by atoms with van der Waals surface area (Å²) in [6.45, 7) is 4.24. The average Bonchev–Trinajstić information content (AvgIpc) is 2.91. The van der Waals surface area contributed by atoms with E-state index in [-0.39, 0.29) is 16.9 Å². The highest BCUT2D eigenvalue weighted by molar-refractivity contribution is 6.34. The summed E-state index contributed by atoms with van der Waals surface area (Å²) in [5.41, 5.74) is 2.28. The summed E-state index contributed by atoms with van der Waals surface area (Å²) in [5.74, 6) is 0.186. The highest BCUT2D eigenvalue weighted by Crippen LogP contribution is 2.41. The van der Waals surface area contributed by atoms with Gasteiger partial charge in [-0.25, -0.2) is 9.37 Å². The predicted octanol–water partition coefficient (Wildman–Crippen LogP) is 5.91. The third-order valence-corrected chi connectivity index (χ3v) is 6.71. The van der Waals surface area contributed by atoms with Crippen LogP contribution in [0, 0.1) is 5.82 Å². The maximum Gasteiger partial charge on any atom is 0.218 e. The number of amides is 1. The van der Waals surface area contributed by atoms with Gasteiger partial charge < -0.3 is 19.6 Å². The van der Waals surface area contributed by atoms with Crippen molar-refractivity contribution in [2.75, 3.05) is 43.6 Å². The smallest absolute Gasteiger partial charge is 0.218 e. The van der Waals surface area contributed by atoms with Crippen molar-refractivity contribution in [2.24, 2.45) is 0 Å². The van der Waals surface area contributed by atoms with E-state index in [4.69, 9.17) is 16.3 Å². The van der Waals surface area contributed by atoms with E-state index < -0.39 is 5.82 Å². The van der Waals surface area contributed by atoms with Crippen LogP contribution in [-0.2, 0) is 9.53 Å². The van der Waals surface area contributed by atoms with E-state index in [1.807, 2.05) is 27.1 Å². The number of halogens is 2. The van der Waals surface area contributed by atoms with Crippen molar-refractivity contribution >= 4 is 29.5 Å². The van der Waals surface area contributed by atoms with Crippen molar-refractivity contribution in [3.05, 3.63) is 71.9 Å². The third-order valence-electron chi connectivity index (χ3n) is 6.41. The van der Waals surface area contributed by atoms with E-state index in [9.17, 15) is 14.3 Å². The summed E-state index contributed by atoms with van der Waals surface area (Å²) in [4.78, 5) is 21.4. The summed E-state index contributed by atoms with van der Waals surface area (Å²) in [6, 6.07) is 11.2. The van der Waals surface area contributed by atoms with Gasteiger partial charge in [0.05, 0.1) is 16.8 Å². The minimum absolute atomic E-state index is 0.0713. The summed E-state index contributed by atoms with van der Waals surface area (Å²) < 4.78 is 20.7. The monoisotopic (exact) mass is 538 g/mol. The van der Waals surface area contributed by atoms with E-state index >= 15 is 0 Å². The lowest BCUT2D eigenvalue weighted by molar-refractivity contribution is -0.106. The van der Waals surface area contributed by atoms with E-state index in [1.54, 1.807) is 47.8 Å². The Hall–Kier alpha value is -3.62. The van der Waals surface area contributed by atoms with Crippen LogP contribution < -0.4 is 9.80 Å². The summed E-state index contributed by atoms with van der Waals surface area (Å²) >= 11 is 6.51. The van der Waals surface area contributed by atoms with Crippen LogP contribution in [0.4, 0.5) is 15.9 Å². The van der Waals surface area contributed by atoms with Crippen molar-refractivity contribution in [3.8, 4) is 28.0 Å². The number of aromatic nitrogens is 1. The number of nitrogens with zero attached hydrogens (tertiary/aromatic N) is 4. The molecule has 4 rings (SSSR count). The number of ether oxygens (including phenoxy) is 1. The van der Waals surface area contributed by atoms with Crippen LogP contribution in [0.5, 0.6) is 5.75 Å². The van der Waals surface area contributed by atoms with Crippen LogP contribution in [0.1, 0.15) is 19.8 Å². The number of benzene rings is 2. The molecule has 1 unspecified atom stereocenters. The van der Waals surface area contributed by atoms with E-state index in [0.29, 0.717) is 41.0 Å². The fraction of sp³-hybridized carbons (Fsp3) is 0.310. The molecule has 200 valence electrons. The van der Waals surface area contributed by atoms with Gasteiger partial charge in [0.2, 0.25) is 6.41 Å². The number of hydrogen-bond acceptors (Lipinski definition) is 6. The molecule has 0 spiro atoms. The number of pyridine rings is 1. The molecule has 0 saturated carbocycles. The number of aromatic hydroxyl groups is 1. The molecule has 1 N–H and O–H groups in total. The molecule has 2 aromatic carbocycles. The van der Waals surface area contributed by atoms with Crippen molar-refractivity contribution in [1.29, 1.82) is 0 Å². The molecule has 1 aliphatic rings. The molecule has 3 aromatic rings. The Morgan fingerprint density at radius 2 is 1.89 bits per heavy atom. The Morgan fingerprint density at radius 1 is 1.16 bits per heavy atom. The average molecular weight is 539 g/mol. The number of phenolic OH excluding ortho intramolecular Hbond substituents is 1. The number of carbonyl (C=O) groups excluding carboxylic acids is 1. The van der Waals surface area contributed by atoms with Gasteiger partial charge >= 0.3 is 0 Å². The molecule has 7 nitrogen and oxygen atoms in total. The molecule has 1 aromatic heterocycles. The zero-order chi connectivity index (χ0) is 27.2. The molecule has 38 heavy (non-hydrogen) atoms. The fourth-order valence-electron chi connectivity index (χ4n) is 4.58. The SMILES string of the molecule is CCOC1CCCN(c2cc(-c3cc(F)cc(-c4ccc(N(C=O)/C=C\N(C)C)c(Cl)c4)c3O)ccn2)C1. The number of piperidine rings is 1. The van der Waals surface area contributed by atoms with Gasteiger partial charge in [0, 0.05) is 63.5 Å². The molecular formula is C29H32ClFN4O3. The Bertz CT molecular complexity index is 1310. The summed E-state index contributed by atoms with van der Waals surface area (Å²) in [6.07, 6.45) is 7.78. The van der Waals surface area contributed by atoms with Gasteiger partial charge in [-0.3, -0.25) is 9.69 Å². The Labute approximate surface area is 227 Å². The minimum Gasteiger partial charge on any atom is -0.507 e. The standard InChI is InChI=1S/C29H32ClFN4O3/c1-4-38-23-6-5-11-34(18-23)28-15-21(9-10-32-28)25-17-22(31)16-24(29(25)37)20-7-8-27(26(30)14-20)35(19-36)13-12-33(2)3/h7-10,12-17,19,23,37H,4-6,11,18H2,1-3H3/b13-12-. The molecule has 1 amide bonds. The van der Waals surface area contributed by atoms with Crippen LogP contribution in [0.2, 0.25) is 5.02 Å². The van der Waals surface area contributed by atoms with Crippen LogP contribution in [0.15, 0.2) is 61.1 Å². The number of rotatable bonds is 9. The molecule has 0 aliphatic carbocycles. The quantitative estimate of drug-likeness (QED) is 0.341. The van der Waals surface area contributed by atoms with Crippen LogP contribution in [0.25, 0.3) is 22.3 Å². The van der Waals surface area contributed by atoms with Gasteiger partial charge in [-0.15, -0.1) is 0 Å². The molecule has 1 aliphatic heterocycles. The van der Waals surface area contributed by atoms with Gasteiger partial charge in [-0.05, 0) is 67.3 Å². The van der Waals surface area contributed by atoms with Gasteiger partial charge in [-0.2, -0.15) is 0 Å². The molecule has 0 bridgehead atoms. The van der Waals surface area contributed by atoms with Crippen LogP contribution in [-0.4, -0.2) is 61.3 Å². The van der Waals surface area contributed by atoms with E-state index in [2.05, 4.69) is 9.88 Å². The highest BCUT2D eigenvalue weighted by atomic mass is 35.5. The van der Waals surface area contributed by atoms with E-state index in [0.717, 1.165) is 31.7 Å². The lowest BCUT2D eigenvalue weighted by atomic mass is 9.97. The molecule has 9 heteroatoms. The van der Waals surface area contributed by atoms with Gasteiger partial charge in [0.25, 0.3) is 0 Å². The number of phenols is 1. The normalized spacial score (nSPS) is 15.6. The Morgan fingerprint density at radius 3 is 2.55 bits per heavy atom. The van der Waals surface area contributed by atoms with Crippen molar-refractivity contribution < 1.29 is 19.0 Å². The topological polar surface area (TPSA) is 69.1 Å². The maximum atomic E-state index is 14.9. The van der Waals surface area contributed by atoms with Crippen molar-refractivity contribution in [1.82, 2.24) is 9.88 Å². The first-order valence-corrected chi connectivity index (χ1v) is 12.9. The maximum absolute atomic E-state index is 14.9. The molecule has 1 atom stereocenters. The Kier molecular flexibility index (Phi) is 8.86. The minimum atomic E-state index is -0.496. The van der Waals surface area contributed by atoms with E-state index in [1.165, 1.54) is 17.0 Å². The summed E-state index contributed by atoms with van der Waals surface area (Å²) in [7, 11) is 3.68. The number of carbonyl (C=O) groups is 1. The molecular weight excluding hydrogens is 507 g/mol. The number of anilines is 2. The van der Waals surface area contributed by atoms with Crippen LogP contribution >= 0.6 is 11.6 Å². The van der Waals surface area contributed by atoms with Gasteiger partial charge in [0.15, 0.2) is 0 Å². The second-order valence-corrected chi connectivity index (χ2v) is 9.77. The van der Waals surface area contributed by atoms with Gasteiger partial charge in [-0.1, -0.05) is 17.7 Å². The lowest BCUT2D eigenvalue weighted by Crippen LogP contribution is -2.40. The zero-order valence-electron chi connectivity index (χ0n) is 21.8.